The van der Waals surface area contributed by atoms with Crippen LogP contribution >= 0.6 is 0 Å². The Morgan fingerprint density at radius 1 is 0.864 bits per heavy atom. The zero-order valence-corrected chi connectivity index (χ0v) is 11.1. The van der Waals surface area contributed by atoms with Gasteiger partial charge in [-0.05, 0) is 17.2 Å². The largest absolute Gasteiger partial charge is 0.235 e. The molecule has 3 rings (SSSR count). The molecule has 0 saturated carbocycles. The third-order valence-corrected chi connectivity index (χ3v) is 3.45. The summed E-state index contributed by atoms with van der Waals surface area (Å²) in [6, 6.07) is 16.4. The second-order valence-corrected chi connectivity index (χ2v) is 4.52. The van der Waals surface area contributed by atoms with Crippen molar-refractivity contribution in [3.63, 3.8) is 0 Å². The van der Waals surface area contributed by atoms with Gasteiger partial charge in [-0.2, -0.15) is 21.0 Å². The van der Waals surface area contributed by atoms with E-state index in [0.29, 0.717) is 22.4 Å². The summed E-state index contributed by atoms with van der Waals surface area (Å²) in [6.45, 7) is 0. The van der Waals surface area contributed by atoms with Crippen LogP contribution in [-0.4, -0.2) is 4.98 Å². The highest BCUT2D eigenvalue weighted by Gasteiger charge is 2.29. The first-order valence-electron chi connectivity index (χ1n) is 6.25. The van der Waals surface area contributed by atoms with Gasteiger partial charge in [0.2, 0.25) is 0 Å². The molecule has 98 valence electrons. The molecule has 0 unspecified atom stereocenters. The highest BCUT2D eigenvalue weighted by molar-refractivity contribution is 6.03. The van der Waals surface area contributed by atoms with Gasteiger partial charge >= 0.3 is 0 Å². The lowest BCUT2D eigenvalue weighted by atomic mass is 10.0. The van der Waals surface area contributed by atoms with Gasteiger partial charge in [-0.1, -0.05) is 24.3 Å². The molecule has 0 aliphatic heterocycles. The van der Waals surface area contributed by atoms with Gasteiger partial charge in [0.25, 0.3) is 0 Å². The standard InChI is InChI=1S/C17H5N5/c18-6-10-5-14-12-3-1-2-4-13(12)16(11(7-19)8-20)17(14)22-15(10)9-21/h1-5H. The summed E-state index contributed by atoms with van der Waals surface area (Å²) >= 11 is 0. The molecule has 1 aliphatic rings. The van der Waals surface area contributed by atoms with Crippen molar-refractivity contribution in [2.75, 3.05) is 0 Å². The van der Waals surface area contributed by atoms with E-state index in [4.69, 9.17) is 10.5 Å². The van der Waals surface area contributed by atoms with E-state index in [2.05, 4.69) is 4.98 Å². The molecule has 0 fully saturated rings. The van der Waals surface area contributed by atoms with Crippen LogP contribution in [0, 0.1) is 45.3 Å². The van der Waals surface area contributed by atoms with E-state index in [0.717, 1.165) is 5.56 Å². The number of rotatable bonds is 0. The van der Waals surface area contributed by atoms with Crippen molar-refractivity contribution < 1.29 is 0 Å². The van der Waals surface area contributed by atoms with E-state index < -0.39 is 0 Å². The van der Waals surface area contributed by atoms with Crippen LogP contribution in [0.15, 0.2) is 35.9 Å². The van der Waals surface area contributed by atoms with Gasteiger partial charge in [-0.15, -0.1) is 0 Å². The average molecular weight is 279 g/mol. The minimum Gasteiger partial charge on any atom is -0.235 e. The van der Waals surface area contributed by atoms with E-state index in [9.17, 15) is 10.5 Å². The zero-order chi connectivity index (χ0) is 15.7. The Balaban J connectivity index is 2.50. The lowest BCUT2D eigenvalue weighted by Crippen LogP contribution is -1.96. The maximum atomic E-state index is 9.19. The highest BCUT2D eigenvalue weighted by Crippen LogP contribution is 2.44. The Morgan fingerprint density at radius 2 is 1.55 bits per heavy atom. The molecule has 0 atom stereocenters. The fourth-order valence-electron chi connectivity index (χ4n) is 2.53. The Labute approximate surface area is 126 Å². The van der Waals surface area contributed by atoms with Crippen LogP contribution in [0.2, 0.25) is 0 Å². The lowest BCUT2D eigenvalue weighted by Gasteiger charge is -2.03. The molecule has 5 nitrogen and oxygen atoms in total. The smallest absolute Gasteiger partial charge is 0.158 e. The maximum Gasteiger partial charge on any atom is 0.158 e. The second kappa shape index (κ2) is 4.88. The SMILES string of the molecule is N#CC(C#N)=C1c2ccccc2-c2cc(C#N)c(C#N)nc21. The number of aromatic nitrogens is 1. The molecule has 0 spiro atoms. The van der Waals surface area contributed by atoms with Crippen molar-refractivity contribution in [2.45, 2.75) is 0 Å². The van der Waals surface area contributed by atoms with E-state index in [1.165, 1.54) is 0 Å². The summed E-state index contributed by atoms with van der Waals surface area (Å²) in [5.74, 6) is 0. The predicted molar refractivity (Wildman–Crippen MR) is 76.4 cm³/mol. The first-order valence-corrected chi connectivity index (χ1v) is 6.25. The zero-order valence-electron chi connectivity index (χ0n) is 11.1. The van der Waals surface area contributed by atoms with Crippen LogP contribution in [0.1, 0.15) is 22.5 Å². The van der Waals surface area contributed by atoms with Crippen LogP contribution in [0.25, 0.3) is 16.7 Å². The molecule has 0 bridgehead atoms. The van der Waals surface area contributed by atoms with Crippen LogP contribution in [0.4, 0.5) is 0 Å². The van der Waals surface area contributed by atoms with Crippen LogP contribution in [0.3, 0.4) is 0 Å². The second-order valence-electron chi connectivity index (χ2n) is 4.52. The first kappa shape index (κ1) is 13.1. The Hall–Kier alpha value is -3.93. The molecule has 0 saturated heterocycles. The molecule has 1 aromatic carbocycles. The van der Waals surface area contributed by atoms with Crippen LogP contribution < -0.4 is 0 Å². The van der Waals surface area contributed by atoms with E-state index in [1.54, 1.807) is 18.2 Å². The van der Waals surface area contributed by atoms with Crippen molar-refractivity contribution >= 4 is 5.57 Å². The van der Waals surface area contributed by atoms with Crippen molar-refractivity contribution in [3.8, 4) is 35.4 Å². The molecule has 0 amide bonds. The molecule has 0 N–H and O–H groups in total. The van der Waals surface area contributed by atoms with Gasteiger partial charge in [-0.3, -0.25) is 0 Å². The number of pyridine rings is 1. The Kier molecular flexibility index (Phi) is 2.90. The first-order chi connectivity index (χ1) is 10.7. The van der Waals surface area contributed by atoms with Gasteiger partial charge in [-0.25, -0.2) is 4.98 Å². The molecule has 22 heavy (non-hydrogen) atoms. The summed E-state index contributed by atoms with van der Waals surface area (Å²) in [4.78, 5) is 4.21. The minimum absolute atomic E-state index is 0.0122. The van der Waals surface area contributed by atoms with E-state index >= 15 is 0 Å². The minimum atomic E-state index is -0.0627. The van der Waals surface area contributed by atoms with Gasteiger partial charge in [0, 0.05) is 11.1 Å². The summed E-state index contributed by atoms with van der Waals surface area (Å²) in [7, 11) is 0. The lowest BCUT2D eigenvalue weighted by molar-refractivity contribution is 1.22. The number of nitrogens with zero attached hydrogens (tertiary/aromatic N) is 5. The van der Waals surface area contributed by atoms with Gasteiger partial charge < -0.3 is 0 Å². The number of hydrogen-bond donors (Lipinski definition) is 0. The highest BCUT2D eigenvalue weighted by atomic mass is 14.7. The van der Waals surface area contributed by atoms with Gasteiger partial charge in [0.05, 0.1) is 11.3 Å². The maximum absolute atomic E-state index is 9.19. The van der Waals surface area contributed by atoms with Crippen LogP contribution in [-0.2, 0) is 0 Å². The molecule has 2 aromatic rings. The normalized spacial score (nSPS) is 10.5. The van der Waals surface area contributed by atoms with Crippen molar-refractivity contribution in [2.24, 2.45) is 0 Å². The monoisotopic (exact) mass is 279 g/mol. The fraction of sp³-hybridized carbons (Fsp3) is 0. The molecule has 1 heterocycles. The Morgan fingerprint density at radius 3 is 2.14 bits per heavy atom. The van der Waals surface area contributed by atoms with Crippen molar-refractivity contribution in [1.82, 2.24) is 4.98 Å². The molecule has 1 aromatic heterocycles. The number of allylic oxidation sites excluding steroid dienone is 1. The topological polar surface area (TPSA) is 108 Å². The molecule has 0 radical (unpaired) electrons. The van der Waals surface area contributed by atoms with Crippen molar-refractivity contribution in [1.29, 1.82) is 21.0 Å². The van der Waals surface area contributed by atoms with E-state index in [1.807, 2.05) is 36.4 Å². The quantitative estimate of drug-likeness (QED) is 0.588. The third kappa shape index (κ3) is 1.65. The van der Waals surface area contributed by atoms with Gasteiger partial charge in [0.15, 0.2) is 5.69 Å². The third-order valence-electron chi connectivity index (χ3n) is 3.45. The fourth-order valence-corrected chi connectivity index (χ4v) is 2.53. The average Bonchev–Trinajstić information content (AvgIpc) is 2.89. The van der Waals surface area contributed by atoms with Crippen LogP contribution in [0.5, 0.6) is 0 Å². The number of fused-ring (bicyclic) bond motifs is 3. The molecular formula is C17H5N5. The number of benzene rings is 1. The summed E-state index contributed by atoms with van der Waals surface area (Å²) < 4.78 is 0. The number of hydrogen-bond acceptors (Lipinski definition) is 5. The van der Waals surface area contributed by atoms with E-state index in [-0.39, 0.29) is 16.8 Å². The summed E-state index contributed by atoms with van der Waals surface area (Å²) in [5.41, 5.74) is 3.07. The van der Waals surface area contributed by atoms with Crippen molar-refractivity contribution in [3.05, 3.63) is 58.4 Å². The van der Waals surface area contributed by atoms with Gasteiger partial charge in [0.1, 0.15) is 29.8 Å². The Bertz CT molecular complexity index is 1000. The molecule has 1 aliphatic carbocycles. The summed E-state index contributed by atoms with van der Waals surface area (Å²) in [5, 5.41) is 36.6. The molecular weight excluding hydrogens is 274 g/mol. The predicted octanol–water partition coefficient (Wildman–Crippen LogP) is 2.65. The summed E-state index contributed by atoms with van der Waals surface area (Å²) in [6.07, 6.45) is 0. The number of nitriles is 4. The molecule has 5 heteroatoms.